The van der Waals surface area contributed by atoms with Crippen LogP contribution in [0.4, 0.5) is 4.79 Å². The number of nitrogens with zero attached hydrogens (tertiary/aromatic N) is 1. The highest BCUT2D eigenvalue weighted by Crippen LogP contribution is 2.43. The van der Waals surface area contributed by atoms with Crippen LogP contribution in [0.2, 0.25) is 5.02 Å². The van der Waals surface area contributed by atoms with Crippen LogP contribution >= 0.6 is 11.6 Å². The number of hydrogen-bond donors (Lipinski definition) is 2. The molecule has 2 aliphatic rings. The van der Waals surface area contributed by atoms with E-state index in [1.807, 2.05) is 24.3 Å². The van der Waals surface area contributed by atoms with Gasteiger partial charge in [-0.3, -0.25) is 4.79 Å². The van der Waals surface area contributed by atoms with E-state index in [9.17, 15) is 9.59 Å². The molecule has 1 unspecified atom stereocenters. The second-order valence-electron chi connectivity index (χ2n) is 6.57. The summed E-state index contributed by atoms with van der Waals surface area (Å²) < 4.78 is 0. The summed E-state index contributed by atoms with van der Waals surface area (Å²) in [7, 11) is 0. The lowest BCUT2D eigenvalue weighted by atomic mass is 9.64. The molecule has 1 aromatic rings. The molecule has 3 rings (SSSR count). The minimum Gasteiger partial charge on any atom is -0.481 e. The van der Waals surface area contributed by atoms with Gasteiger partial charge < -0.3 is 15.3 Å². The molecule has 0 spiro atoms. The van der Waals surface area contributed by atoms with Gasteiger partial charge in [0.05, 0.1) is 5.92 Å². The lowest BCUT2D eigenvalue weighted by molar-refractivity contribution is -0.141. The molecule has 1 saturated heterocycles. The van der Waals surface area contributed by atoms with Crippen LogP contribution in [0.1, 0.15) is 31.2 Å². The number of likely N-dealkylation sites (tertiary alicyclic amines) is 1. The zero-order chi connectivity index (χ0) is 16.4. The minimum absolute atomic E-state index is 0.00777. The maximum Gasteiger partial charge on any atom is 0.317 e. The number of carbonyl (C=O) groups is 2. The van der Waals surface area contributed by atoms with Crippen LogP contribution in [-0.4, -0.2) is 41.6 Å². The predicted molar refractivity (Wildman–Crippen MR) is 87.7 cm³/mol. The third-order valence-electron chi connectivity index (χ3n) is 5.17. The fraction of sp³-hybridized carbons (Fsp3) is 0.529. The molecular weight excluding hydrogens is 316 g/mol. The van der Waals surface area contributed by atoms with Crippen LogP contribution in [0.15, 0.2) is 24.3 Å². The van der Waals surface area contributed by atoms with E-state index in [4.69, 9.17) is 16.7 Å². The number of nitrogens with one attached hydrogen (secondary N) is 1. The van der Waals surface area contributed by atoms with Gasteiger partial charge in [-0.2, -0.15) is 0 Å². The van der Waals surface area contributed by atoms with E-state index in [1.165, 1.54) is 5.56 Å². The fourth-order valence-electron chi connectivity index (χ4n) is 3.48. The van der Waals surface area contributed by atoms with Crippen molar-refractivity contribution in [1.29, 1.82) is 0 Å². The molecule has 1 aliphatic carbocycles. The van der Waals surface area contributed by atoms with E-state index >= 15 is 0 Å². The number of carboxylic acids is 1. The summed E-state index contributed by atoms with van der Waals surface area (Å²) in [5.74, 6) is -1.26. The number of aliphatic carboxylic acids is 1. The van der Waals surface area contributed by atoms with Gasteiger partial charge in [0.1, 0.15) is 0 Å². The number of halogens is 1. The van der Waals surface area contributed by atoms with E-state index in [0.717, 1.165) is 19.3 Å². The standard InChI is InChI=1S/C17H21ClN2O3/c18-14-4-2-13(3-5-14)17(7-1-8-17)11-19-16(23)20-9-6-12(10-20)15(21)22/h2-5,12H,1,6-11H2,(H,19,23)(H,21,22). The molecule has 2 amide bonds. The maximum atomic E-state index is 12.3. The molecule has 0 aromatic heterocycles. The van der Waals surface area contributed by atoms with Crippen molar-refractivity contribution >= 4 is 23.6 Å². The molecule has 124 valence electrons. The van der Waals surface area contributed by atoms with Gasteiger partial charge in [-0.15, -0.1) is 0 Å². The number of amides is 2. The highest BCUT2D eigenvalue weighted by atomic mass is 35.5. The van der Waals surface area contributed by atoms with Crippen molar-refractivity contribution in [3.05, 3.63) is 34.9 Å². The Hall–Kier alpha value is -1.75. The molecule has 1 saturated carbocycles. The van der Waals surface area contributed by atoms with E-state index < -0.39 is 11.9 Å². The van der Waals surface area contributed by atoms with Crippen LogP contribution in [-0.2, 0) is 10.2 Å². The number of rotatable bonds is 4. The first-order chi connectivity index (χ1) is 11.0. The van der Waals surface area contributed by atoms with Crippen LogP contribution in [0.5, 0.6) is 0 Å². The van der Waals surface area contributed by atoms with Gasteiger partial charge in [-0.05, 0) is 37.0 Å². The van der Waals surface area contributed by atoms with Gasteiger partial charge in [-0.1, -0.05) is 30.2 Å². The molecule has 5 nitrogen and oxygen atoms in total. The van der Waals surface area contributed by atoms with Crippen molar-refractivity contribution in [1.82, 2.24) is 10.2 Å². The quantitative estimate of drug-likeness (QED) is 0.888. The summed E-state index contributed by atoms with van der Waals surface area (Å²) in [5, 5.41) is 12.7. The third kappa shape index (κ3) is 3.29. The summed E-state index contributed by atoms with van der Waals surface area (Å²) in [6, 6.07) is 7.68. The highest BCUT2D eigenvalue weighted by Gasteiger charge is 2.39. The predicted octanol–water partition coefficient (Wildman–Crippen LogP) is 2.88. The van der Waals surface area contributed by atoms with Crippen molar-refractivity contribution < 1.29 is 14.7 Å². The Kier molecular flexibility index (Phi) is 4.48. The molecule has 0 bridgehead atoms. The number of carboxylic acid groups (broad SMARTS) is 1. The monoisotopic (exact) mass is 336 g/mol. The van der Waals surface area contributed by atoms with Gasteiger partial charge in [0.15, 0.2) is 0 Å². The molecule has 6 heteroatoms. The molecule has 1 aliphatic heterocycles. The van der Waals surface area contributed by atoms with Crippen LogP contribution in [0.3, 0.4) is 0 Å². The first-order valence-corrected chi connectivity index (χ1v) is 8.40. The molecule has 1 atom stereocenters. The molecule has 1 aromatic carbocycles. The Morgan fingerprint density at radius 2 is 2.00 bits per heavy atom. The van der Waals surface area contributed by atoms with Crippen LogP contribution in [0.25, 0.3) is 0 Å². The Balaban J connectivity index is 1.59. The van der Waals surface area contributed by atoms with Crippen LogP contribution < -0.4 is 5.32 Å². The molecule has 23 heavy (non-hydrogen) atoms. The minimum atomic E-state index is -0.822. The summed E-state index contributed by atoms with van der Waals surface area (Å²) >= 11 is 5.95. The average Bonchev–Trinajstić information content (AvgIpc) is 2.98. The molecule has 0 radical (unpaired) electrons. The number of benzene rings is 1. The van der Waals surface area contributed by atoms with Crippen LogP contribution in [0, 0.1) is 5.92 Å². The van der Waals surface area contributed by atoms with Gasteiger partial charge >= 0.3 is 12.0 Å². The lowest BCUT2D eigenvalue weighted by Crippen LogP contribution is -2.49. The average molecular weight is 337 g/mol. The first kappa shape index (κ1) is 16.1. The Labute approximate surface area is 140 Å². The number of carbonyl (C=O) groups excluding carboxylic acids is 1. The largest absolute Gasteiger partial charge is 0.481 e. The van der Waals surface area contributed by atoms with Crippen molar-refractivity contribution in [2.45, 2.75) is 31.1 Å². The molecular formula is C17H21ClN2O3. The van der Waals surface area contributed by atoms with E-state index in [-0.39, 0.29) is 11.4 Å². The SMILES string of the molecule is O=C(O)C1CCN(C(=O)NCC2(c3ccc(Cl)cc3)CCC2)C1. The summed E-state index contributed by atoms with van der Waals surface area (Å²) in [5.41, 5.74) is 1.20. The summed E-state index contributed by atoms with van der Waals surface area (Å²) in [6.45, 7) is 1.40. The zero-order valence-electron chi connectivity index (χ0n) is 12.9. The van der Waals surface area contributed by atoms with E-state index in [0.29, 0.717) is 31.1 Å². The van der Waals surface area contributed by atoms with Crippen molar-refractivity contribution in [3.8, 4) is 0 Å². The molecule has 2 fully saturated rings. The van der Waals surface area contributed by atoms with E-state index in [2.05, 4.69) is 5.32 Å². The zero-order valence-corrected chi connectivity index (χ0v) is 13.7. The van der Waals surface area contributed by atoms with Crippen molar-refractivity contribution in [2.24, 2.45) is 5.92 Å². The van der Waals surface area contributed by atoms with E-state index in [1.54, 1.807) is 4.90 Å². The second kappa shape index (κ2) is 6.40. The number of hydrogen-bond acceptors (Lipinski definition) is 2. The Morgan fingerprint density at radius 3 is 2.52 bits per heavy atom. The summed E-state index contributed by atoms with van der Waals surface area (Å²) in [6.07, 6.45) is 3.79. The van der Waals surface area contributed by atoms with Gasteiger partial charge in [0.2, 0.25) is 0 Å². The third-order valence-corrected chi connectivity index (χ3v) is 5.42. The normalized spacial score (nSPS) is 22.5. The van der Waals surface area contributed by atoms with Gasteiger partial charge in [-0.25, -0.2) is 4.79 Å². The first-order valence-electron chi connectivity index (χ1n) is 8.02. The van der Waals surface area contributed by atoms with Gasteiger partial charge in [0.25, 0.3) is 0 Å². The number of urea groups is 1. The Bertz CT molecular complexity index is 598. The smallest absolute Gasteiger partial charge is 0.317 e. The lowest BCUT2D eigenvalue weighted by Gasteiger charge is -2.43. The molecule has 2 N–H and O–H groups in total. The van der Waals surface area contributed by atoms with Gasteiger partial charge in [0, 0.05) is 30.1 Å². The van der Waals surface area contributed by atoms with Crippen molar-refractivity contribution in [3.63, 3.8) is 0 Å². The molecule has 1 heterocycles. The second-order valence-corrected chi connectivity index (χ2v) is 7.01. The topological polar surface area (TPSA) is 69.6 Å². The Morgan fingerprint density at radius 1 is 1.30 bits per heavy atom. The maximum absolute atomic E-state index is 12.3. The fourth-order valence-corrected chi connectivity index (χ4v) is 3.60. The summed E-state index contributed by atoms with van der Waals surface area (Å²) in [4.78, 5) is 24.9. The van der Waals surface area contributed by atoms with Crippen molar-refractivity contribution in [2.75, 3.05) is 19.6 Å². The highest BCUT2D eigenvalue weighted by molar-refractivity contribution is 6.30.